The number of alkyl halides is 3. The molecule has 0 aliphatic carbocycles. The first-order chi connectivity index (χ1) is 11.7. The van der Waals surface area contributed by atoms with Crippen LogP contribution in [0.3, 0.4) is 0 Å². The Labute approximate surface area is 139 Å². The molecule has 3 amide bonds. The lowest BCUT2D eigenvalue weighted by molar-refractivity contribution is -0.274. The second-order valence-corrected chi connectivity index (χ2v) is 5.59. The Hall–Kier alpha value is -2.78. The first kappa shape index (κ1) is 17.1. The number of hydrogen-bond donors (Lipinski definition) is 0. The van der Waals surface area contributed by atoms with Gasteiger partial charge in [-0.25, -0.2) is 9.69 Å². The Morgan fingerprint density at radius 2 is 2.04 bits per heavy atom. The molecule has 1 unspecified atom stereocenters. The molecule has 2 aliphatic rings. The summed E-state index contributed by atoms with van der Waals surface area (Å²) in [6, 6.07) is 4.24. The second-order valence-electron chi connectivity index (χ2n) is 5.59. The van der Waals surface area contributed by atoms with Crippen LogP contribution in [0.25, 0.3) is 0 Å². The van der Waals surface area contributed by atoms with Gasteiger partial charge < -0.3 is 14.4 Å². The molecule has 7 nitrogen and oxygen atoms in total. The third kappa shape index (κ3) is 3.67. The normalized spacial score (nSPS) is 20.8. The van der Waals surface area contributed by atoms with Crippen LogP contribution in [-0.2, 0) is 9.53 Å². The summed E-state index contributed by atoms with van der Waals surface area (Å²) in [5.41, 5.74) is 0.0257. The molecule has 25 heavy (non-hydrogen) atoms. The molecule has 0 radical (unpaired) electrons. The molecule has 10 heteroatoms. The van der Waals surface area contributed by atoms with E-state index in [9.17, 15) is 27.6 Å². The summed E-state index contributed by atoms with van der Waals surface area (Å²) in [6.07, 6.45) is -5.22. The molecule has 2 aliphatic heterocycles. The van der Waals surface area contributed by atoms with Crippen LogP contribution >= 0.6 is 0 Å². The molecule has 0 aromatic heterocycles. The van der Waals surface area contributed by atoms with Crippen LogP contribution in [0.2, 0.25) is 0 Å². The highest BCUT2D eigenvalue weighted by Crippen LogP contribution is 2.25. The van der Waals surface area contributed by atoms with Crippen molar-refractivity contribution in [3.63, 3.8) is 0 Å². The van der Waals surface area contributed by atoms with Gasteiger partial charge in [0.2, 0.25) is 0 Å². The molecule has 2 saturated heterocycles. The highest BCUT2D eigenvalue weighted by Gasteiger charge is 2.41. The SMILES string of the molecule is O=C(c1cccc(OC(F)(F)F)c1)N1CCC(N2C(=O)COC2=O)C1. The van der Waals surface area contributed by atoms with Gasteiger partial charge in [0, 0.05) is 18.7 Å². The number of carbonyl (C=O) groups is 3. The van der Waals surface area contributed by atoms with Crippen molar-refractivity contribution in [2.45, 2.75) is 18.8 Å². The van der Waals surface area contributed by atoms with Crippen LogP contribution in [0.4, 0.5) is 18.0 Å². The van der Waals surface area contributed by atoms with Gasteiger partial charge in [0.25, 0.3) is 11.8 Å². The van der Waals surface area contributed by atoms with Gasteiger partial charge in [-0.3, -0.25) is 9.59 Å². The van der Waals surface area contributed by atoms with Gasteiger partial charge in [0.15, 0.2) is 6.61 Å². The van der Waals surface area contributed by atoms with Gasteiger partial charge in [0.1, 0.15) is 5.75 Å². The van der Waals surface area contributed by atoms with Crippen LogP contribution < -0.4 is 4.74 Å². The molecular weight excluding hydrogens is 345 g/mol. The summed E-state index contributed by atoms with van der Waals surface area (Å²) in [4.78, 5) is 38.0. The predicted octanol–water partition coefficient (Wildman–Crippen LogP) is 1.78. The molecule has 3 rings (SSSR count). The summed E-state index contributed by atoms with van der Waals surface area (Å²) in [5.74, 6) is -1.47. The van der Waals surface area contributed by atoms with Crippen molar-refractivity contribution in [3.05, 3.63) is 29.8 Å². The topological polar surface area (TPSA) is 76.2 Å². The van der Waals surface area contributed by atoms with Crippen molar-refractivity contribution in [2.24, 2.45) is 0 Å². The van der Waals surface area contributed by atoms with Crippen LogP contribution in [0.1, 0.15) is 16.8 Å². The Bertz CT molecular complexity index is 705. The Kier molecular flexibility index (Phi) is 4.27. The lowest BCUT2D eigenvalue weighted by Crippen LogP contribution is -2.42. The van der Waals surface area contributed by atoms with E-state index in [0.29, 0.717) is 6.42 Å². The first-order valence-electron chi connectivity index (χ1n) is 7.38. The molecule has 0 N–H and O–H groups in total. The molecule has 134 valence electrons. The number of benzene rings is 1. The summed E-state index contributed by atoms with van der Waals surface area (Å²) in [7, 11) is 0. The number of nitrogens with zero attached hydrogens (tertiary/aromatic N) is 2. The molecule has 1 aromatic carbocycles. The van der Waals surface area contributed by atoms with E-state index in [1.807, 2.05) is 0 Å². The highest BCUT2D eigenvalue weighted by atomic mass is 19.4. The lowest BCUT2D eigenvalue weighted by Gasteiger charge is -2.20. The molecule has 0 spiro atoms. The van der Waals surface area contributed by atoms with Crippen molar-refractivity contribution in [1.29, 1.82) is 0 Å². The van der Waals surface area contributed by atoms with Gasteiger partial charge in [-0.15, -0.1) is 13.2 Å². The average Bonchev–Trinajstić information content (AvgIpc) is 3.12. The zero-order chi connectivity index (χ0) is 18.2. The number of hydrogen-bond acceptors (Lipinski definition) is 5. The van der Waals surface area contributed by atoms with Crippen molar-refractivity contribution < 1.29 is 37.0 Å². The average molecular weight is 358 g/mol. The van der Waals surface area contributed by atoms with Gasteiger partial charge in [-0.2, -0.15) is 0 Å². The van der Waals surface area contributed by atoms with E-state index in [2.05, 4.69) is 9.47 Å². The second kappa shape index (κ2) is 6.26. The summed E-state index contributed by atoms with van der Waals surface area (Å²) < 4.78 is 45.3. The monoisotopic (exact) mass is 358 g/mol. The first-order valence-corrected chi connectivity index (χ1v) is 7.38. The fourth-order valence-electron chi connectivity index (χ4n) is 2.86. The van der Waals surface area contributed by atoms with Crippen LogP contribution in [0, 0.1) is 0 Å². The minimum Gasteiger partial charge on any atom is -0.439 e. The molecule has 1 atom stereocenters. The summed E-state index contributed by atoms with van der Waals surface area (Å²) >= 11 is 0. The van der Waals surface area contributed by atoms with Gasteiger partial charge in [-0.1, -0.05) is 6.07 Å². The van der Waals surface area contributed by atoms with Crippen LogP contribution in [0.15, 0.2) is 24.3 Å². The zero-order valence-electron chi connectivity index (χ0n) is 12.8. The van der Waals surface area contributed by atoms with Gasteiger partial charge in [0.05, 0.1) is 6.04 Å². The predicted molar refractivity (Wildman–Crippen MR) is 75.6 cm³/mol. The maximum atomic E-state index is 12.5. The largest absolute Gasteiger partial charge is 0.573 e. The quantitative estimate of drug-likeness (QED) is 0.823. The van der Waals surface area contributed by atoms with Gasteiger partial charge in [-0.05, 0) is 24.6 Å². The van der Waals surface area contributed by atoms with Crippen molar-refractivity contribution >= 4 is 17.9 Å². The van der Waals surface area contributed by atoms with E-state index in [1.54, 1.807) is 0 Å². The number of likely N-dealkylation sites (tertiary alicyclic amines) is 1. The zero-order valence-corrected chi connectivity index (χ0v) is 12.8. The molecular formula is C15H13F3N2O5. The van der Waals surface area contributed by atoms with Crippen molar-refractivity contribution in [2.75, 3.05) is 19.7 Å². The van der Waals surface area contributed by atoms with Crippen molar-refractivity contribution in [3.8, 4) is 5.75 Å². The fraction of sp³-hybridized carbons (Fsp3) is 0.400. The number of halogens is 3. The maximum absolute atomic E-state index is 12.5. The smallest absolute Gasteiger partial charge is 0.439 e. The number of cyclic esters (lactones) is 1. The number of carbonyl (C=O) groups excluding carboxylic acids is 3. The number of ether oxygens (including phenoxy) is 2. The minimum atomic E-state index is -4.85. The summed E-state index contributed by atoms with van der Waals surface area (Å²) in [6.45, 7) is 0.0506. The Morgan fingerprint density at radius 1 is 1.28 bits per heavy atom. The van der Waals surface area contributed by atoms with Crippen LogP contribution in [0.5, 0.6) is 5.75 Å². The molecule has 0 saturated carbocycles. The molecule has 1 aromatic rings. The molecule has 2 heterocycles. The van der Waals surface area contributed by atoms with E-state index in [0.717, 1.165) is 17.0 Å². The number of rotatable bonds is 3. The maximum Gasteiger partial charge on any atom is 0.573 e. The van der Waals surface area contributed by atoms with Crippen molar-refractivity contribution in [1.82, 2.24) is 9.80 Å². The Morgan fingerprint density at radius 3 is 2.68 bits per heavy atom. The lowest BCUT2D eigenvalue weighted by atomic mass is 10.2. The van der Waals surface area contributed by atoms with Gasteiger partial charge >= 0.3 is 12.5 Å². The van der Waals surface area contributed by atoms with E-state index >= 15 is 0 Å². The number of amides is 3. The molecule has 0 bridgehead atoms. The third-order valence-electron chi connectivity index (χ3n) is 3.91. The highest BCUT2D eigenvalue weighted by molar-refractivity contribution is 5.98. The fourth-order valence-corrected chi connectivity index (χ4v) is 2.86. The third-order valence-corrected chi connectivity index (χ3v) is 3.91. The minimum absolute atomic E-state index is 0.0257. The summed E-state index contributed by atoms with van der Waals surface area (Å²) in [5, 5.41) is 0. The van der Waals surface area contributed by atoms with E-state index in [-0.39, 0.29) is 25.3 Å². The standard InChI is InChI=1S/C15H13F3N2O5/c16-15(17,18)25-11-3-1-2-9(6-11)13(22)19-5-4-10(7-19)20-12(21)8-24-14(20)23/h1-3,6,10H,4-5,7-8H2. The van der Waals surface area contributed by atoms with E-state index < -0.39 is 36.1 Å². The Balaban J connectivity index is 1.69. The van der Waals surface area contributed by atoms with Crippen LogP contribution in [-0.4, -0.2) is 59.8 Å². The number of imide groups is 1. The molecule has 2 fully saturated rings. The van der Waals surface area contributed by atoms with E-state index in [4.69, 9.17) is 0 Å². The van der Waals surface area contributed by atoms with E-state index in [1.165, 1.54) is 17.0 Å².